The predicted molar refractivity (Wildman–Crippen MR) is 115 cm³/mol. The average molecular weight is 457 g/mol. The van der Waals surface area contributed by atoms with Gasteiger partial charge in [-0.05, 0) is 56.0 Å². The number of thiophene rings is 1. The summed E-state index contributed by atoms with van der Waals surface area (Å²) >= 11 is 7.11. The van der Waals surface area contributed by atoms with Crippen LogP contribution in [0, 0.1) is 5.92 Å². The van der Waals surface area contributed by atoms with E-state index in [1.165, 1.54) is 11.3 Å². The Labute approximate surface area is 180 Å². The molecule has 0 spiro atoms. The van der Waals surface area contributed by atoms with Gasteiger partial charge >= 0.3 is 0 Å². The van der Waals surface area contributed by atoms with Gasteiger partial charge in [0, 0.05) is 23.0 Å². The summed E-state index contributed by atoms with van der Waals surface area (Å²) in [5, 5.41) is 3.32. The van der Waals surface area contributed by atoms with E-state index in [0.717, 1.165) is 17.7 Å². The van der Waals surface area contributed by atoms with Crippen molar-refractivity contribution in [2.24, 2.45) is 5.92 Å². The van der Waals surface area contributed by atoms with Crippen LogP contribution in [0.3, 0.4) is 0 Å². The lowest BCUT2D eigenvalue weighted by Gasteiger charge is -2.28. The first kappa shape index (κ1) is 22.1. The number of ether oxygens (including phenoxy) is 1. The summed E-state index contributed by atoms with van der Waals surface area (Å²) in [5.74, 6) is 0.792. The molecule has 1 amide bonds. The molecule has 0 bridgehead atoms. The smallest absolute Gasteiger partial charge is 0.261 e. The largest absolute Gasteiger partial charge is 0.481 e. The van der Waals surface area contributed by atoms with Gasteiger partial charge in [-0.1, -0.05) is 24.6 Å². The second-order valence-electron chi connectivity index (χ2n) is 7.24. The van der Waals surface area contributed by atoms with Crippen molar-refractivity contribution < 1.29 is 17.9 Å². The first-order valence-electron chi connectivity index (χ1n) is 9.54. The van der Waals surface area contributed by atoms with Crippen molar-refractivity contribution in [3.8, 4) is 5.75 Å². The van der Waals surface area contributed by atoms with Crippen molar-refractivity contribution in [3.05, 3.63) is 46.3 Å². The van der Waals surface area contributed by atoms with E-state index >= 15 is 0 Å². The fourth-order valence-corrected chi connectivity index (χ4v) is 6.16. The second-order valence-corrected chi connectivity index (χ2v) is 11.0. The third kappa shape index (κ3) is 5.72. The maximum Gasteiger partial charge on any atom is 0.261 e. The van der Waals surface area contributed by atoms with Gasteiger partial charge in [0.25, 0.3) is 15.9 Å². The van der Waals surface area contributed by atoms with E-state index < -0.39 is 16.1 Å². The standard InChI is InChI=1S/C20H25ClN2O4S2/c1-14-8-10-23(11-9-14)29(25,26)19-7-6-18(28-19)13-22-20(24)15(2)27-17-5-3-4-16(21)12-17/h3-7,12,14-15H,8-11,13H2,1-2H3,(H,22,24)/t15-/m1/s1. The Morgan fingerprint density at radius 2 is 2.03 bits per heavy atom. The molecule has 1 N–H and O–H groups in total. The Balaban J connectivity index is 1.55. The minimum Gasteiger partial charge on any atom is -0.481 e. The molecule has 6 nitrogen and oxygen atoms in total. The maximum atomic E-state index is 12.8. The Morgan fingerprint density at radius 1 is 1.31 bits per heavy atom. The number of amides is 1. The molecule has 2 heterocycles. The van der Waals surface area contributed by atoms with Gasteiger partial charge in [0.15, 0.2) is 6.10 Å². The highest BCUT2D eigenvalue weighted by molar-refractivity contribution is 7.91. The highest BCUT2D eigenvalue weighted by Crippen LogP contribution is 2.28. The van der Waals surface area contributed by atoms with Gasteiger partial charge in [0.1, 0.15) is 9.96 Å². The highest BCUT2D eigenvalue weighted by Gasteiger charge is 2.29. The van der Waals surface area contributed by atoms with Gasteiger partial charge in [0.2, 0.25) is 0 Å². The predicted octanol–water partition coefficient (Wildman–Crippen LogP) is 3.91. The van der Waals surface area contributed by atoms with E-state index in [0.29, 0.717) is 34.0 Å². The van der Waals surface area contributed by atoms with Crippen LogP contribution in [0.25, 0.3) is 0 Å². The zero-order valence-electron chi connectivity index (χ0n) is 16.4. The van der Waals surface area contributed by atoms with Gasteiger partial charge in [0.05, 0.1) is 6.54 Å². The maximum absolute atomic E-state index is 12.8. The Kier molecular flexibility index (Phi) is 7.21. The molecule has 1 aliphatic heterocycles. The molecule has 1 atom stereocenters. The summed E-state index contributed by atoms with van der Waals surface area (Å²) in [6, 6.07) is 10.2. The lowest BCUT2D eigenvalue weighted by atomic mass is 10.0. The average Bonchev–Trinajstić information content (AvgIpc) is 3.16. The number of nitrogens with zero attached hydrogens (tertiary/aromatic N) is 1. The van der Waals surface area contributed by atoms with Crippen molar-refractivity contribution in [1.82, 2.24) is 9.62 Å². The number of carbonyl (C=O) groups is 1. The van der Waals surface area contributed by atoms with E-state index in [2.05, 4.69) is 12.2 Å². The van der Waals surface area contributed by atoms with Crippen molar-refractivity contribution in [3.63, 3.8) is 0 Å². The number of halogens is 1. The molecule has 1 saturated heterocycles. The van der Waals surface area contributed by atoms with Gasteiger partial charge in [-0.15, -0.1) is 11.3 Å². The van der Waals surface area contributed by atoms with Crippen molar-refractivity contribution in [2.45, 2.75) is 43.5 Å². The van der Waals surface area contributed by atoms with Crippen LogP contribution in [-0.2, 0) is 21.4 Å². The van der Waals surface area contributed by atoms with Crippen LogP contribution in [0.4, 0.5) is 0 Å². The van der Waals surface area contributed by atoms with Crippen molar-refractivity contribution in [1.29, 1.82) is 0 Å². The number of nitrogens with one attached hydrogen (secondary N) is 1. The number of hydrogen-bond donors (Lipinski definition) is 1. The van der Waals surface area contributed by atoms with Crippen molar-refractivity contribution in [2.75, 3.05) is 13.1 Å². The van der Waals surface area contributed by atoms with E-state index in [-0.39, 0.29) is 12.5 Å². The van der Waals surface area contributed by atoms with Gasteiger partial charge in [-0.3, -0.25) is 4.79 Å². The summed E-state index contributed by atoms with van der Waals surface area (Å²) in [6.07, 6.45) is 1.07. The van der Waals surface area contributed by atoms with Crippen LogP contribution in [0.2, 0.25) is 5.02 Å². The van der Waals surface area contributed by atoms with Crippen LogP contribution < -0.4 is 10.1 Å². The summed E-state index contributed by atoms with van der Waals surface area (Å²) in [7, 11) is -3.46. The Morgan fingerprint density at radius 3 is 2.72 bits per heavy atom. The minimum absolute atomic E-state index is 0.249. The molecule has 1 fully saturated rings. The van der Waals surface area contributed by atoms with Crippen LogP contribution in [0.5, 0.6) is 5.75 Å². The molecule has 158 valence electrons. The van der Waals surface area contributed by atoms with E-state index in [1.807, 2.05) is 0 Å². The van der Waals surface area contributed by atoms with E-state index in [4.69, 9.17) is 16.3 Å². The zero-order chi connectivity index (χ0) is 21.0. The third-order valence-electron chi connectivity index (χ3n) is 4.89. The van der Waals surface area contributed by atoms with Crippen LogP contribution in [0.15, 0.2) is 40.6 Å². The molecule has 0 aliphatic carbocycles. The van der Waals surface area contributed by atoms with Crippen LogP contribution in [0.1, 0.15) is 31.6 Å². The number of rotatable bonds is 7. The summed E-state index contributed by atoms with van der Waals surface area (Å²) in [6.45, 7) is 5.17. The number of piperidine rings is 1. The second kappa shape index (κ2) is 9.47. The molecule has 9 heteroatoms. The minimum atomic E-state index is -3.46. The molecule has 0 unspecified atom stereocenters. The molecule has 1 aromatic heterocycles. The lowest BCUT2D eigenvalue weighted by molar-refractivity contribution is -0.127. The quantitative estimate of drug-likeness (QED) is 0.685. The molecule has 3 rings (SSSR count). The number of sulfonamides is 1. The molecular weight excluding hydrogens is 432 g/mol. The molecular formula is C20H25ClN2O4S2. The van der Waals surface area contributed by atoms with E-state index in [1.54, 1.807) is 47.6 Å². The number of carbonyl (C=O) groups excluding carboxylic acids is 1. The molecule has 0 radical (unpaired) electrons. The monoisotopic (exact) mass is 456 g/mol. The summed E-state index contributed by atoms with van der Waals surface area (Å²) in [4.78, 5) is 13.1. The van der Waals surface area contributed by atoms with Gasteiger partial charge in [-0.25, -0.2) is 8.42 Å². The van der Waals surface area contributed by atoms with Gasteiger partial charge in [-0.2, -0.15) is 4.31 Å². The molecule has 0 saturated carbocycles. The molecule has 1 aromatic carbocycles. The first-order valence-corrected chi connectivity index (χ1v) is 12.2. The molecule has 1 aliphatic rings. The highest BCUT2D eigenvalue weighted by atomic mass is 35.5. The van der Waals surface area contributed by atoms with Crippen molar-refractivity contribution >= 4 is 38.9 Å². The first-order chi connectivity index (χ1) is 13.8. The molecule has 29 heavy (non-hydrogen) atoms. The SMILES string of the molecule is CC1CCN(S(=O)(=O)c2ccc(CNC(=O)[C@@H](C)Oc3cccc(Cl)c3)s2)CC1. The van der Waals surface area contributed by atoms with Gasteiger partial charge < -0.3 is 10.1 Å². The number of benzene rings is 1. The van der Waals surface area contributed by atoms with Crippen LogP contribution >= 0.6 is 22.9 Å². The normalized spacial score (nSPS) is 17.1. The zero-order valence-corrected chi connectivity index (χ0v) is 18.8. The Hall–Kier alpha value is -1.61. The summed E-state index contributed by atoms with van der Waals surface area (Å²) < 4.78 is 33.1. The van der Waals surface area contributed by atoms with Crippen LogP contribution in [-0.4, -0.2) is 37.8 Å². The topological polar surface area (TPSA) is 75.7 Å². The molecule has 2 aromatic rings. The summed E-state index contributed by atoms with van der Waals surface area (Å²) in [5.41, 5.74) is 0. The fourth-order valence-electron chi connectivity index (χ4n) is 3.06. The Bertz CT molecular complexity index is 953. The fraction of sp³-hybridized carbons (Fsp3) is 0.450. The van der Waals surface area contributed by atoms with E-state index in [9.17, 15) is 13.2 Å². The third-order valence-corrected chi connectivity index (χ3v) is 8.58. The lowest BCUT2D eigenvalue weighted by Crippen LogP contribution is -2.37. The number of hydrogen-bond acceptors (Lipinski definition) is 5.